The number of hydrogen-bond acceptors (Lipinski definition) is 4. The van der Waals surface area contributed by atoms with E-state index >= 15 is 0 Å². The van der Waals surface area contributed by atoms with E-state index in [0.29, 0.717) is 43.7 Å². The lowest BCUT2D eigenvalue weighted by Crippen LogP contribution is -2.48. The van der Waals surface area contributed by atoms with Crippen LogP contribution >= 0.6 is 0 Å². The number of rotatable bonds is 4. The number of carbonyl (C=O) groups is 1. The summed E-state index contributed by atoms with van der Waals surface area (Å²) in [4.78, 5) is 14.2. The predicted molar refractivity (Wildman–Crippen MR) is 87.0 cm³/mol. The molecule has 0 aromatic heterocycles. The van der Waals surface area contributed by atoms with E-state index < -0.39 is 10.0 Å². The number of nitrogen functional groups attached to an aromatic ring is 1. The average molecular weight is 325 g/mol. The Bertz CT molecular complexity index is 637. The van der Waals surface area contributed by atoms with Gasteiger partial charge in [-0.2, -0.15) is 4.31 Å². The van der Waals surface area contributed by atoms with Crippen LogP contribution in [0, 0.1) is 0 Å². The van der Waals surface area contributed by atoms with Gasteiger partial charge in [0.05, 0.1) is 6.26 Å². The van der Waals surface area contributed by atoms with Crippen LogP contribution in [0.1, 0.15) is 30.1 Å². The zero-order valence-electron chi connectivity index (χ0n) is 13.0. The van der Waals surface area contributed by atoms with Crippen LogP contribution in [0.25, 0.3) is 0 Å². The Morgan fingerprint density at radius 2 is 2.00 bits per heavy atom. The standard InChI is InChI=1S/C15H23N3O3S/c1-3-18(22(2,20)21)14-7-9-17(10-8-14)15(19)12-5-4-6-13(16)11-12/h4-6,11,14H,3,7-10,16H2,1-2H3. The van der Waals surface area contributed by atoms with Crippen molar-refractivity contribution in [3.8, 4) is 0 Å². The predicted octanol–water partition coefficient (Wildman–Crippen LogP) is 1.15. The van der Waals surface area contributed by atoms with E-state index in [2.05, 4.69) is 0 Å². The monoisotopic (exact) mass is 325 g/mol. The highest BCUT2D eigenvalue weighted by molar-refractivity contribution is 7.88. The van der Waals surface area contributed by atoms with Crippen molar-refractivity contribution in [2.45, 2.75) is 25.8 Å². The van der Waals surface area contributed by atoms with E-state index in [4.69, 9.17) is 5.73 Å². The molecule has 0 spiro atoms. The van der Waals surface area contributed by atoms with E-state index in [0.717, 1.165) is 0 Å². The normalized spacial score (nSPS) is 17.0. The Labute approximate surface area is 131 Å². The summed E-state index contributed by atoms with van der Waals surface area (Å²) < 4.78 is 25.1. The van der Waals surface area contributed by atoms with Crippen molar-refractivity contribution in [2.75, 3.05) is 31.6 Å². The highest BCUT2D eigenvalue weighted by Gasteiger charge is 2.30. The van der Waals surface area contributed by atoms with Crippen LogP contribution in [0.2, 0.25) is 0 Å². The lowest BCUT2D eigenvalue weighted by molar-refractivity contribution is 0.0680. The zero-order chi connectivity index (χ0) is 16.3. The first-order valence-corrected chi connectivity index (χ1v) is 9.29. The van der Waals surface area contributed by atoms with Gasteiger partial charge in [0.15, 0.2) is 0 Å². The summed E-state index contributed by atoms with van der Waals surface area (Å²) in [5, 5.41) is 0. The third kappa shape index (κ3) is 3.78. The van der Waals surface area contributed by atoms with E-state index in [1.165, 1.54) is 10.6 Å². The molecule has 2 rings (SSSR count). The van der Waals surface area contributed by atoms with Crippen molar-refractivity contribution in [3.05, 3.63) is 29.8 Å². The molecule has 0 saturated carbocycles. The number of sulfonamides is 1. The fourth-order valence-corrected chi connectivity index (χ4v) is 4.20. The van der Waals surface area contributed by atoms with Gasteiger partial charge in [0, 0.05) is 36.9 Å². The highest BCUT2D eigenvalue weighted by Crippen LogP contribution is 2.20. The molecule has 0 atom stereocenters. The van der Waals surface area contributed by atoms with Crippen LogP contribution in [-0.4, -0.2) is 55.5 Å². The molecule has 1 aliphatic heterocycles. The first kappa shape index (κ1) is 16.8. The van der Waals surface area contributed by atoms with Crippen molar-refractivity contribution >= 4 is 21.6 Å². The number of benzene rings is 1. The van der Waals surface area contributed by atoms with Crippen LogP contribution in [-0.2, 0) is 10.0 Å². The number of likely N-dealkylation sites (tertiary alicyclic amines) is 1. The van der Waals surface area contributed by atoms with Crippen LogP contribution in [0.4, 0.5) is 5.69 Å². The smallest absolute Gasteiger partial charge is 0.253 e. The fraction of sp³-hybridized carbons (Fsp3) is 0.533. The molecule has 1 saturated heterocycles. The SMILES string of the molecule is CCN(C1CCN(C(=O)c2cccc(N)c2)CC1)S(C)(=O)=O. The number of nitrogens with two attached hydrogens (primary N) is 1. The van der Waals surface area contributed by atoms with Crippen molar-refractivity contribution in [1.29, 1.82) is 0 Å². The van der Waals surface area contributed by atoms with E-state index in [1.54, 1.807) is 29.2 Å². The fourth-order valence-electron chi connectivity index (χ4n) is 2.97. The summed E-state index contributed by atoms with van der Waals surface area (Å²) in [6.45, 7) is 3.42. The zero-order valence-corrected chi connectivity index (χ0v) is 13.8. The number of carbonyl (C=O) groups excluding carboxylic acids is 1. The minimum atomic E-state index is -3.20. The molecule has 22 heavy (non-hydrogen) atoms. The van der Waals surface area contributed by atoms with Crippen LogP contribution in [0.5, 0.6) is 0 Å². The molecule has 0 aliphatic carbocycles. The molecular weight excluding hydrogens is 302 g/mol. The molecular formula is C15H23N3O3S. The Kier molecular flexibility index (Phi) is 5.08. The second kappa shape index (κ2) is 6.66. The van der Waals surface area contributed by atoms with Crippen LogP contribution in [0.15, 0.2) is 24.3 Å². The molecule has 1 aromatic carbocycles. The molecule has 1 fully saturated rings. The number of anilines is 1. The van der Waals surface area contributed by atoms with Crippen LogP contribution in [0.3, 0.4) is 0 Å². The Hall–Kier alpha value is -1.60. The Morgan fingerprint density at radius 1 is 1.36 bits per heavy atom. The van der Waals surface area contributed by atoms with Crippen LogP contribution < -0.4 is 5.73 Å². The summed E-state index contributed by atoms with van der Waals surface area (Å²) >= 11 is 0. The van der Waals surface area contributed by atoms with Gasteiger partial charge < -0.3 is 10.6 Å². The first-order chi connectivity index (χ1) is 10.3. The van der Waals surface area contributed by atoms with Gasteiger partial charge in [0.25, 0.3) is 5.91 Å². The van der Waals surface area contributed by atoms with Gasteiger partial charge in [0.2, 0.25) is 10.0 Å². The maximum Gasteiger partial charge on any atom is 0.253 e. The van der Waals surface area contributed by atoms with Gasteiger partial charge in [-0.3, -0.25) is 4.79 Å². The molecule has 122 valence electrons. The number of piperidine rings is 1. The second-order valence-corrected chi connectivity index (χ2v) is 7.55. The second-order valence-electron chi connectivity index (χ2n) is 5.62. The summed E-state index contributed by atoms with van der Waals surface area (Å²) in [5.74, 6) is -0.0480. The summed E-state index contributed by atoms with van der Waals surface area (Å²) in [6.07, 6.45) is 2.56. The summed E-state index contributed by atoms with van der Waals surface area (Å²) in [7, 11) is -3.20. The maximum absolute atomic E-state index is 12.4. The number of nitrogens with zero attached hydrogens (tertiary/aromatic N) is 2. The van der Waals surface area contributed by atoms with Gasteiger partial charge in [-0.15, -0.1) is 0 Å². The van der Waals surface area contributed by atoms with Crippen molar-refractivity contribution in [2.24, 2.45) is 0 Å². The summed E-state index contributed by atoms with van der Waals surface area (Å²) in [6, 6.07) is 6.90. The van der Waals surface area contributed by atoms with Crippen molar-refractivity contribution in [1.82, 2.24) is 9.21 Å². The topological polar surface area (TPSA) is 83.7 Å². The lowest BCUT2D eigenvalue weighted by Gasteiger charge is -2.36. The molecule has 7 heteroatoms. The maximum atomic E-state index is 12.4. The minimum Gasteiger partial charge on any atom is -0.399 e. The third-order valence-corrected chi connectivity index (χ3v) is 5.44. The minimum absolute atomic E-state index is 0.0232. The molecule has 1 aliphatic rings. The molecule has 0 bridgehead atoms. The highest BCUT2D eigenvalue weighted by atomic mass is 32.2. The Balaban J connectivity index is 2.01. The van der Waals surface area contributed by atoms with Crippen molar-refractivity contribution < 1.29 is 13.2 Å². The van der Waals surface area contributed by atoms with E-state index in [9.17, 15) is 13.2 Å². The van der Waals surface area contributed by atoms with E-state index in [1.807, 2.05) is 6.92 Å². The molecule has 0 radical (unpaired) electrons. The van der Waals surface area contributed by atoms with E-state index in [-0.39, 0.29) is 11.9 Å². The van der Waals surface area contributed by atoms with Crippen molar-refractivity contribution in [3.63, 3.8) is 0 Å². The molecule has 6 nitrogen and oxygen atoms in total. The lowest BCUT2D eigenvalue weighted by atomic mass is 10.0. The number of amides is 1. The van der Waals surface area contributed by atoms with Gasteiger partial charge in [-0.05, 0) is 31.0 Å². The molecule has 1 amide bonds. The van der Waals surface area contributed by atoms with Gasteiger partial charge in [-0.1, -0.05) is 13.0 Å². The number of hydrogen-bond donors (Lipinski definition) is 1. The Morgan fingerprint density at radius 3 is 2.50 bits per heavy atom. The third-order valence-electron chi connectivity index (χ3n) is 4.03. The average Bonchev–Trinajstić information content (AvgIpc) is 2.46. The first-order valence-electron chi connectivity index (χ1n) is 7.44. The molecule has 1 aromatic rings. The summed E-state index contributed by atoms with van der Waals surface area (Å²) in [5.41, 5.74) is 6.85. The van der Waals surface area contributed by atoms with Gasteiger partial charge in [-0.25, -0.2) is 8.42 Å². The molecule has 2 N–H and O–H groups in total. The van der Waals surface area contributed by atoms with Gasteiger partial charge >= 0.3 is 0 Å². The quantitative estimate of drug-likeness (QED) is 0.842. The van der Waals surface area contributed by atoms with Gasteiger partial charge in [0.1, 0.15) is 0 Å². The molecule has 1 heterocycles. The molecule has 0 unspecified atom stereocenters. The largest absolute Gasteiger partial charge is 0.399 e.